The number of fused-ring (bicyclic) bond motifs is 1. The average Bonchev–Trinajstić information content (AvgIpc) is 2.76. The Kier molecular flexibility index (Phi) is 2.90. The maximum absolute atomic E-state index is 9.32. The number of rotatable bonds is 1. The van der Waals surface area contributed by atoms with Gasteiger partial charge >= 0.3 is 0 Å². The number of nitriles is 1. The predicted octanol–water partition coefficient (Wildman–Crippen LogP) is 4.34. The Labute approximate surface area is 119 Å². The number of hydrogen-bond donors (Lipinski definition) is 0. The summed E-state index contributed by atoms with van der Waals surface area (Å²) in [5.41, 5.74) is 2.19. The van der Waals surface area contributed by atoms with Gasteiger partial charge in [-0.15, -0.1) is 0 Å². The second kappa shape index (κ2) is 4.58. The number of nitrogens with zero attached hydrogens (tertiary/aromatic N) is 3. The first kappa shape index (κ1) is 12.0. The molecule has 0 amide bonds. The van der Waals surface area contributed by atoms with Crippen molar-refractivity contribution >= 4 is 34.2 Å². The van der Waals surface area contributed by atoms with Gasteiger partial charge in [0.05, 0.1) is 16.1 Å². The molecule has 3 nitrogen and oxygen atoms in total. The van der Waals surface area contributed by atoms with Gasteiger partial charge in [0.25, 0.3) is 0 Å². The zero-order valence-corrected chi connectivity index (χ0v) is 11.2. The van der Waals surface area contributed by atoms with E-state index in [1.165, 1.54) is 4.57 Å². The minimum atomic E-state index is 0.472. The van der Waals surface area contributed by atoms with Crippen LogP contribution >= 0.6 is 23.2 Å². The summed E-state index contributed by atoms with van der Waals surface area (Å²) < 4.78 is 1.46. The van der Waals surface area contributed by atoms with Crippen molar-refractivity contribution in [3.8, 4) is 17.6 Å². The molecule has 3 rings (SSSR count). The molecule has 2 aromatic carbocycles. The summed E-state index contributed by atoms with van der Waals surface area (Å²) in [7, 11) is 0. The lowest BCUT2D eigenvalue weighted by Crippen LogP contribution is -1.93. The van der Waals surface area contributed by atoms with Crippen molar-refractivity contribution in [2.75, 3.05) is 0 Å². The molecule has 0 N–H and O–H groups in total. The highest BCUT2D eigenvalue weighted by Gasteiger charge is 2.14. The van der Waals surface area contributed by atoms with E-state index in [9.17, 15) is 5.26 Å². The highest BCUT2D eigenvalue weighted by atomic mass is 35.5. The van der Waals surface area contributed by atoms with Crippen molar-refractivity contribution in [1.82, 2.24) is 9.55 Å². The Balaban J connectivity index is 2.34. The Bertz CT molecular complexity index is 815. The van der Waals surface area contributed by atoms with Gasteiger partial charge in [-0.3, -0.25) is 0 Å². The molecule has 0 saturated carbocycles. The molecule has 1 aromatic heterocycles. The van der Waals surface area contributed by atoms with Crippen LogP contribution in [0.3, 0.4) is 0 Å². The van der Waals surface area contributed by atoms with Crippen LogP contribution in [0.25, 0.3) is 22.4 Å². The first-order chi connectivity index (χ1) is 9.20. The normalized spacial score (nSPS) is 10.6. The largest absolute Gasteiger partial charge is 0.228 e. The average molecular weight is 288 g/mol. The number of benzene rings is 2. The maximum atomic E-state index is 9.32. The maximum Gasteiger partial charge on any atom is 0.190 e. The fourth-order valence-electron chi connectivity index (χ4n) is 1.98. The summed E-state index contributed by atoms with van der Waals surface area (Å²) in [4.78, 5) is 4.46. The van der Waals surface area contributed by atoms with Crippen LogP contribution in [0.15, 0.2) is 42.5 Å². The van der Waals surface area contributed by atoms with Crippen molar-refractivity contribution in [2.45, 2.75) is 0 Å². The van der Waals surface area contributed by atoms with Crippen LogP contribution < -0.4 is 0 Å². The third kappa shape index (κ3) is 1.95. The van der Waals surface area contributed by atoms with Crippen LogP contribution in [-0.4, -0.2) is 9.55 Å². The van der Waals surface area contributed by atoms with E-state index in [2.05, 4.69) is 11.2 Å². The molecule has 0 aliphatic carbocycles. The van der Waals surface area contributed by atoms with Gasteiger partial charge in [-0.1, -0.05) is 35.3 Å². The molecule has 0 bridgehead atoms. The molecule has 0 atom stereocenters. The van der Waals surface area contributed by atoms with Gasteiger partial charge < -0.3 is 0 Å². The summed E-state index contributed by atoms with van der Waals surface area (Å²) in [5.74, 6) is 0.519. The standard InChI is InChI=1S/C14H7Cl2N3/c15-9-5-6-10(11(16)7-9)14-18-12-3-1-2-4-13(12)19(14)8-17/h1-7H. The predicted molar refractivity (Wildman–Crippen MR) is 76.2 cm³/mol. The van der Waals surface area contributed by atoms with E-state index in [1.54, 1.807) is 18.2 Å². The Morgan fingerprint density at radius 2 is 1.89 bits per heavy atom. The van der Waals surface area contributed by atoms with Crippen LogP contribution in [-0.2, 0) is 0 Å². The molecule has 0 radical (unpaired) electrons. The van der Waals surface area contributed by atoms with Crippen molar-refractivity contribution in [3.05, 3.63) is 52.5 Å². The Hall–Kier alpha value is -2.02. The molecule has 92 valence electrons. The lowest BCUT2D eigenvalue weighted by Gasteiger charge is -2.03. The third-order valence-electron chi connectivity index (χ3n) is 2.83. The molecular formula is C14H7Cl2N3. The van der Waals surface area contributed by atoms with Crippen LogP contribution in [0.4, 0.5) is 0 Å². The number of aromatic nitrogens is 2. The van der Waals surface area contributed by atoms with Crippen LogP contribution in [0.1, 0.15) is 0 Å². The molecule has 1 heterocycles. The van der Waals surface area contributed by atoms with Gasteiger partial charge in [-0.25, -0.2) is 9.55 Å². The zero-order valence-electron chi connectivity index (χ0n) is 9.64. The first-order valence-corrected chi connectivity index (χ1v) is 6.29. The molecule has 0 aliphatic rings. The summed E-state index contributed by atoms with van der Waals surface area (Å²) in [6.45, 7) is 0. The van der Waals surface area contributed by atoms with E-state index in [4.69, 9.17) is 23.2 Å². The highest BCUT2D eigenvalue weighted by Crippen LogP contribution is 2.31. The highest BCUT2D eigenvalue weighted by molar-refractivity contribution is 6.36. The van der Waals surface area contributed by atoms with E-state index in [1.807, 2.05) is 24.3 Å². The van der Waals surface area contributed by atoms with Gasteiger partial charge in [0.1, 0.15) is 0 Å². The van der Waals surface area contributed by atoms with Crippen molar-refractivity contribution in [3.63, 3.8) is 0 Å². The molecule has 0 spiro atoms. The van der Waals surface area contributed by atoms with Crippen LogP contribution in [0.2, 0.25) is 10.0 Å². The molecule has 3 aromatic rings. The number of imidazole rings is 1. The summed E-state index contributed by atoms with van der Waals surface area (Å²) in [6.07, 6.45) is 2.12. The molecule has 19 heavy (non-hydrogen) atoms. The lowest BCUT2D eigenvalue weighted by molar-refractivity contribution is 1.12. The van der Waals surface area contributed by atoms with Gasteiger partial charge in [0, 0.05) is 10.6 Å². The van der Waals surface area contributed by atoms with Gasteiger partial charge in [-0.05, 0) is 30.3 Å². The zero-order chi connectivity index (χ0) is 13.4. The fourth-order valence-corrected chi connectivity index (χ4v) is 2.47. The van der Waals surface area contributed by atoms with E-state index in [0.29, 0.717) is 21.4 Å². The number of hydrogen-bond acceptors (Lipinski definition) is 2. The van der Waals surface area contributed by atoms with E-state index in [0.717, 1.165) is 11.0 Å². The minimum absolute atomic E-state index is 0.472. The second-order valence-electron chi connectivity index (χ2n) is 3.98. The van der Waals surface area contributed by atoms with Crippen molar-refractivity contribution < 1.29 is 0 Å². The monoisotopic (exact) mass is 287 g/mol. The second-order valence-corrected chi connectivity index (χ2v) is 4.83. The topological polar surface area (TPSA) is 41.6 Å². The Morgan fingerprint density at radius 3 is 2.63 bits per heavy atom. The SMILES string of the molecule is N#Cn1c(-c2ccc(Cl)cc2Cl)nc2ccccc21. The minimum Gasteiger partial charge on any atom is -0.228 e. The van der Waals surface area contributed by atoms with Crippen molar-refractivity contribution in [1.29, 1.82) is 5.26 Å². The van der Waals surface area contributed by atoms with E-state index in [-0.39, 0.29) is 0 Å². The molecule has 0 unspecified atom stereocenters. The van der Waals surface area contributed by atoms with Gasteiger partial charge in [-0.2, -0.15) is 5.26 Å². The quantitative estimate of drug-likeness (QED) is 0.668. The van der Waals surface area contributed by atoms with Crippen LogP contribution in [0.5, 0.6) is 0 Å². The Morgan fingerprint density at radius 1 is 1.11 bits per heavy atom. The summed E-state index contributed by atoms with van der Waals surface area (Å²) >= 11 is 12.1. The molecular weight excluding hydrogens is 281 g/mol. The number of para-hydroxylation sites is 2. The first-order valence-electron chi connectivity index (χ1n) is 5.53. The van der Waals surface area contributed by atoms with Gasteiger partial charge in [0.2, 0.25) is 0 Å². The number of halogens is 2. The smallest absolute Gasteiger partial charge is 0.190 e. The molecule has 0 aliphatic heterocycles. The molecule has 0 fully saturated rings. The fraction of sp³-hybridized carbons (Fsp3) is 0. The van der Waals surface area contributed by atoms with Gasteiger partial charge in [0.15, 0.2) is 12.0 Å². The molecule has 5 heteroatoms. The van der Waals surface area contributed by atoms with E-state index >= 15 is 0 Å². The third-order valence-corrected chi connectivity index (χ3v) is 3.38. The van der Waals surface area contributed by atoms with E-state index < -0.39 is 0 Å². The summed E-state index contributed by atoms with van der Waals surface area (Å²) in [6, 6.07) is 12.6. The summed E-state index contributed by atoms with van der Waals surface area (Å²) in [5, 5.41) is 10.3. The van der Waals surface area contributed by atoms with Crippen molar-refractivity contribution in [2.24, 2.45) is 0 Å². The van der Waals surface area contributed by atoms with Crippen LogP contribution in [0, 0.1) is 11.5 Å². The lowest BCUT2D eigenvalue weighted by atomic mass is 10.2. The molecule has 0 saturated heterocycles.